The first kappa shape index (κ1) is 16.7. The molecule has 2 aromatic heterocycles. The van der Waals surface area contributed by atoms with E-state index in [1.165, 1.54) is 5.56 Å². The molecule has 0 saturated carbocycles. The van der Waals surface area contributed by atoms with Crippen LogP contribution in [-0.2, 0) is 25.4 Å². The van der Waals surface area contributed by atoms with Crippen molar-refractivity contribution in [3.05, 3.63) is 59.9 Å². The normalized spacial score (nSPS) is 11.1. The highest BCUT2D eigenvalue weighted by Crippen LogP contribution is 2.22. The van der Waals surface area contributed by atoms with Crippen molar-refractivity contribution >= 4 is 11.8 Å². The third-order valence-corrected chi connectivity index (χ3v) is 4.67. The van der Waals surface area contributed by atoms with Crippen molar-refractivity contribution in [3.8, 4) is 0 Å². The molecule has 0 fully saturated rings. The zero-order chi connectivity index (χ0) is 16.8. The number of hydrogen-bond donors (Lipinski definition) is 1. The fourth-order valence-electron chi connectivity index (χ4n) is 2.52. The third-order valence-electron chi connectivity index (χ3n) is 3.71. The molecule has 24 heavy (non-hydrogen) atoms. The largest absolute Gasteiger partial charge is 0.388 e. The Labute approximate surface area is 145 Å². The lowest BCUT2D eigenvalue weighted by Crippen LogP contribution is -2.06. The van der Waals surface area contributed by atoms with E-state index in [2.05, 4.69) is 38.8 Å². The molecule has 7 heteroatoms. The van der Waals surface area contributed by atoms with Gasteiger partial charge in [0.15, 0.2) is 11.0 Å². The van der Waals surface area contributed by atoms with Crippen molar-refractivity contribution in [1.82, 2.24) is 24.3 Å². The predicted molar refractivity (Wildman–Crippen MR) is 93.6 cm³/mol. The van der Waals surface area contributed by atoms with Gasteiger partial charge in [-0.05, 0) is 12.0 Å². The summed E-state index contributed by atoms with van der Waals surface area (Å²) in [5.41, 5.74) is 1.25. The second-order valence-corrected chi connectivity index (χ2v) is 6.40. The van der Waals surface area contributed by atoms with Crippen LogP contribution < -0.4 is 0 Å². The molecule has 0 amide bonds. The van der Waals surface area contributed by atoms with E-state index in [1.54, 1.807) is 11.8 Å². The van der Waals surface area contributed by atoms with Gasteiger partial charge in [-0.3, -0.25) is 0 Å². The Morgan fingerprint density at radius 3 is 2.71 bits per heavy atom. The molecule has 6 nitrogen and oxygen atoms in total. The first-order valence-corrected chi connectivity index (χ1v) is 9.00. The van der Waals surface area contributed by atoms with Gasteiger partial charge >= 0.3 is 0 Å². The van der Waals surface area contributed by atoms with Gasteiger partial charge in [-0.1, -0.05) is 49.0 Å². The van der Waals surface area contributed by atoms with Gasteiger partial charge in [0, 0.05) is 25.5 Å². The Hall–Kier alpha value is -2.12. The summed E-state index contributed by atoms with van der Waals surface area (Å²) in [5, 5.41) is 18.5. The number of nitrogens with zero attached hydrogens (tertiary/aromatic N) is 5. The molecule has 1 N–H and O–H groups in total. The van der Waals surface area contributed by atoms with Crippen LogP contribution in [0.15, 0.2) is 47.9 Å². The maximum atomic E-state index is 9.37. The minimum atomic E-state index is -0.0871. The molecule has 0 atom stereocenters. The van der Waals surface area contributed by atoms with Crippen LogP contribution in [0.4, 0.5) is 0 Å². The van der Waals surface area contributed by atoms with Gasteiger partial charge in [-0.25, -0.2) is 4.98 Å². The topological polar surface area (TPSA) is 68.8 Å². The van der Waals surface area contributed by atoms with E-state index in [-0.39, 0.29) is 6.61 Å². The smallest absolute Gasteiger partial charge is 0.191 e. The number of aromatic nitrogens is 5. The van der Waals surface area contributed by atoms with Gasteiger partial charge in [-0.2, -0.15) is 0 Å². The van der Waals surface area contributed by atoms with Crippen LogP contribution in [0.1, 0.15) is 30.6 Å². The molecule has 1 aromatic carbocycles. The number of thioether (sulfide) groups is 1. The van der Waals surface area contributed by atoms with Gasteiger partial charge in [0.25, 0.3) is 0 Å². The maximum absolute atomic E-state index is 9.37. The highest BCUT2D eigenvalue weighted by molar-refractivity contribution is 7.98. The quantitative estimate of drug-likeness (QED) is 0.637. The highest BCUT2D eigenvalue weighted by atomic mass is 32.2. The number of rotatable bonds is 8. The molecule has 3 rings (SSSR count). The summed E-state index contributed by atoms with van der Waals surface area (Å²) in [6, 6.07) is 10.3. The zero-order valence-electron chi connectivity index (χ0n) is 13.7. The van der Waals surface area contributed by atoms with Crippen LogP contribution in [0, 0.1) is 0 Å². The van der Waals surface area contributed by atoms with Crippen LogP contribution >= 0.6 is 11.8 Å². The molecule has 0 aliphatic carbocycles. The Morgan fingerprint density at radius 1 is 1.12 bits per heavy atom. The molecule has 0 aliphatic rings. The number of hydrogen-bond acceptors (Lipinski definition) is 5. The number of benzene rings is 1. The first-order chi connectivity index (χ1) is 11.8. The van der Waals surface area contributed by atoms with E-state index in [1.807, 2.05) is 35.2 Å². The van der Waals surface area contributed by atoms with Gasteiger partial charge in [0.2, 0.25) is 0 Å². The molecule has 0 saturated heterocycles. The standard InChI is InChI=1S/C17H21N5OS/c1-2-9-22-15(12-23)19-20-17(22)24-13-16-18-8-10-21(16)11-14-6-4-3-5-7-14/h3-8,10,23H,2,9,11-13H2,1H3. The average molecular weight is 343 g/mol. The molecule has 3 aromatic rings. The monoisotopic (exact) mass is 343 g/mol. The molecule has 0 bridgehead atoms. The van der Waals surface area contributed by atoms with E-state index in [0.717, 1.165) is 30.5 Å². The van der Waals surface area contributed by atoms with Crippen molar-refractivity contribution < 1.29 is 5.11 Å². The Balaban J connectivity index is 1.70. The van der Waals surface area contributed by atoms with E-state index in [9.17, 15) is 5.11 Å². The van der Waals surface area contributed by atoms with E-state index in [0.29, 0.717) is 11.6 Å². The number of aliphatic hydroxyl groups excluding tert-OH is 1. The lowest BCUT2D eigenvalue weighted by Gasteiger charge is -2.09. The first-order valence-electron chi connectivity index (χ1n) is 8.01. The molecule has 0 radical (unpaired) electrons. The molecular formula is C17H21N5OS. The van der Waals surface area contributed by atoms with Crippen LogP contribution in [0.3, 0.4) is 0 Å². The second kappa shape index (κ2) is 8.12. The van der Waals surface area contributed by atoms with Crippen LogP contribution in [-0.4, -0.2) is 29.4 Å². The summed E-state index contributed by atoms with van der Waals surface area (Å²) >= 11 is 1.60. The molecular weight excluding hydrogens is 322 g/mol. The summed E-state index contributed by atoms with van der Waals surface area (Å²) in [7, 11) is 0. The predicted octanol–water partition coefficient (Wildman–Crippen LogP) is 2.72. The van der Waals surface area contributed by atoms with Crippen molar-refractivity contribution in [2.24, 2.45) is 0 Å². The molecule has 126 valence electrons. The summed E-state index contributed by atoms with van der Waals surface area (Å²) in [6.07, 6.45) is 4.80. The molecule has 0 aliphatic heterocycles. The highest BCUT2D eigenvalue weighted by Gasteiger charge is 2.13. The Bertz CT molecular complexity index is 768. The SMILES string of the molecule is CCCn1c(CO)nnc1SCc1nccn1Cc1ccccc1. The van der Waals surface area contributed by atoms with E-state index < -0.39 is 0 Å². The van der Waals surface area contributed by atoms with Crippen molar-refractivity contribution in [1.29, 1.82) is 0 Å². The van der Waals surface area contributed by atoms with Gasteiger partial charge < -0.3 is 14.2 Å². The maximum Gasteiger partial charge on any atom is 0.191 e. The third kappa shape index (κ3) is 3.85. The summed E-state index contributed by atoms with van der Waals surface area (Å²) in [5.74, 6) is 2.33. The number of aliphatic hydroxyl groups is 1. The van der Waals surface area contributed by atoms with Crippen LogP contribution in [0.2, 0.25) is 0 Å². The van der Waals surface area contributed by atoms with E-state index in [4.69, 9.17) is 0 Å². The molecule has 0 unspecified atom stereocenters. The van der Waals surface area contributed by atoms with Gasteiger partial charge in [-0.15, -0.1) is 10.2 Å². The molecule has 2 heterocycles. The van der Waals surface area contributed by atoms with Crippen molar-refractivity contribution in [3.63, 3.8) is 0 Å². The Morgan fingerprint density at radius 2 is 1.96 bits per heavy atom. The lowest BCUT2D eigenvalue weighted by molar-refractivity contribution is 0.263. The zero-order valence-corrected chi connectivity index (χ0v) is 14.5. The molecule has 0 spiro atoms. The van der Waals surface area contributed by atoms with Gasteiger partial charge in [0.05, 0.1) is 5.75 Å². The lowest BCUT2D eigenvalue weighted by atomic mass is 10.2. The minimum Gasteiger partial charge on any atom is -0.388 e. The van der Waals surface area contributed by atoms with E-state index >= 15 is 0 Å². The van der Waals surface area contributed by atoms with Crippen molar-refractivity contribution in [2.45, 2.75) is 44.0 Å². The van der Waals surface area contributed by atoms with Crippen LogP contribution in [0.5, 0.6) is 0 Å². The summed E-state index contributed by atoms with van der Waals surface area (Å²) < 4.78 is 4.13. The fraction of sp³-hybridized carbons (Fsp3) is 0.353. The van der Waals surface area contributed by atoms with Crippen LogP contribution in [0.25, 0.3) is 0 Å². The number of imidazole rings is 1. The second-order valence-electron chi connectivity index (χ2n) is 5.45. The van der Waals surface area contributed by atoms with Gasteiger partial charge in [0.1, 0.15) is 12.4 Å². The summed E-state index contributed by atoms with van der Waals surface area (Å²) in [6.45, 7) is 3.63. The average Bonchev–Trinajstić information content (AvgIpc) is 3.21. The van der Waals surface area contributed by atoms with Crippen molar-refractivity contribution in [2.75, 3.05) is 0 Å². The fourth-order valence-corrected chi connectivity index (χ4v) is 3.47. The summed E-state index contributed by atoms with van der Waals surface area (Å²) in [4.78, 5) is 4.47. The minimum absolute atomic E-state index is 0.0871. The Kier molecular flexibility index (Phi) is 5.66.